The second-order valence-electron chi connectivity index (χ2n) is 7.14. The molecule has 0 aromatic carbocycles. The van der Waals surface area contributed by atoms with Gasteiger partial charge in [-0.1, -0.05) is 13.0 Å². The molecule has 2 aromatic rings. The Bertz CT molecular complexity index is 778. The van der Waals surface area contributed by atoms with Crippen molar-refractivity contribution in [3.05, 3.63) is 46.8 Å². The van der Waals surface area contributed by atoms with E-state index in [2.05, 4.69) is 49.3 Å². The zero-order valence-electron chi connectivity index (χ0n) is 17.6. The summed E-state index contributed by atoms with van der Waals surface area (Å²) in [5, 5.41) is 10.9. The van der Waals surface area contributed by atoms with Crippen LogP contribution in [0.15, 0.2) is 46.2 Å². The van der Waals surface area contributed by atoms with Crippen molar-refractivity contribution in [3.63, 3.8) is 0 Å². The van der Waals surface area contributed by atoms with Crippen molar-refractivity contribution in [2.75, 3.05) is 51.2 Å². The summed E-state index contributed by atoms with van der Waals surface area (Å²) in [6.07, 6.45) is 2.27. The number of carbonyl (C=O) groups is 1. The number of halogens is 1. The van der Waals surface area contributed by atoms with Gasteiger partial charge in [-0.05, 0) is 40.4 Å². The van der Waals surface area contributed by atoms with E-state index >= 15 is 0 Å². The van der Waals surface area contributed by atoms with E-state index in [4.69, 9.17) is 0 Å². The van der Waals surface area contributed by atoms with Gasteiger partial charge < -0.3 is 20.4 Å². The van der Waals surface area contributed by atoms with Crippen LogP contribution in [0.1, 0.15) is 24.8 Å². The molecule has 0 bridgehead atoms. The highest BCUT2D eigenvalue weighted by molar-refractivity contribution is 14.0. The number of carbonyl (C=O) groups excluding carboxylic acids is 1. The van der Waals surface area contributed by atoms with Crippen molar-refractivity contribution in [2.24, 2.45) is 4.99 Å². The number of nitrogens with zero attached hydrogens (tertiary/aromatic N) is 4. The van der Waals surface area contributed by atoms with Gasteiger partial charge in [0.25, 0.3) is 0 Å². The van der Waals surface area contributed by atoms with Gasteiger partial charge in [0.05, 0.1) is 0 Å². The summed E-state index contributed by atoms with van der Waals surface area (Å²) in [7, 11) is 1.75. The Morgan fingerprint density at radius 2 is 2.03 bits per heavy atom. The molecule has 2 aromatic heterocycles. The molecule has 1 amide bonds. The maximum absolute atomic E-state index is 12.5. The number of piperazine rings is 1. The molecular weight excluding hydrogens is 511 g/mol. The fourth-order valence-corrected chi connectivity index (χ4v) is 4.10. The average molecular weight is 542 g/mol. The Hall–Kier alpha value is -1.88. The van der Waals surface area contributed by atoms with Crippen LogP contribution >= 0.6 is 35.3 Å². The molecule has 164 valence electrons. The first-order chi connectivity index (χ1) is 14.2. The van der Waals surface area contributed by atoms with E-state index < -0.39 is 0 Å². The topological polar surface area (TPSA) is 72.9 Å². The standard InChI is InChI=1S/C21H30N6OS.HI/c1-17(18-7-14-29-16-18)15-25-21(22-2)24-9-6-20(28)27-12-10-26(11-13-27)19-5-3-4-8-23-19;/h3-5,7-8,14,16-17H,6,9-13,15H2,1-2H3,(H2,22,24,25);1H. The number of amides is 1. The van der Waals surface area contributed by atoms with E-state index in [0.29, 0.717) is 18.9 Å². The molecule has 0 radical (unpaired) electrons. The van der Waals surface area contributed by atoms with E-state index in [1.54, 1.807) is 24.6 Å². The number of anilines is 1. The summed E-state index contributed by atoms with van der Waals surface area (Å²) >= 11 is 1.72. The molecule has 3 heterocycles. The minimum atomic E-state index is 0. The summed E-state index contributed by atoms with van der Waals surface area (Å²) < 4.78 is 0. The molecule has 0 spiro atoms. The minimum absolute atomic E-state index is 0. The smallest absolute Gasteiger partial charge is 0.224 e. The second kappa shape index (κ2) is 12.7. The maximum atomic E-state index is 12.5. The quantitative estimate of drug-likeness (QED) is 0.320. The highest BCUT2D eigenvalue weighted by Crippen LogP contribution is 2.17. The minimum Gasteiger partial charge on any atom is -0.356 e. The van der Waals surface area contributed by atoms with Crippen LogP contribution in [0.4, 0.5) is 5.82 Å². The number of nitrogens with one attached hydrogen (secondary N) is 2. The van der Waals surface area contributed by atoms with E-state index in [1.165, 1.54) is 5.56 Å². The molecule has 1 saturated heterocycles. The predicted molar refractivity (Wildman–Crippen MR) is 135 cm³/mol. The van der Waals surface area contributed by atoms with Crippen molar-refractivity contribution in [1.82, 2.24) is 20.5 Å². The molecule has 2 N–H and O–H groups in total. The van der Waals surface area contributed by atoms with Crippen LogP contribution in [-0.2, 0) is 4.79 Å². The van der Waals surface area contributed by atoms with Crippen LogP contribution in [0.3, 0.4) is 0 Å². The highest BCUT2D eigenvalue weighted by atomic mass is 127. The summed E-state index contributed by atoms with van der Waals surface area (Å²) in [4.78, 5) is 25.3. The van der Waals surface area contributed by atoms with Crippen LogP contribution in [0, 0.1) is 0 Å². The van der Waals surface area contributed by atoms with E-state index in [-0.39, 0.29) is 29.9 Å². The lowest BCUT2D eigenvalue weighted by Crippen LogP contribution is -2.49. The van der Waals surface area contributed by atoms with Crippen molar-refractivity contribution >= 4 is 53.0 Å². The van der Waals surface area contributed by atoms with E-state index in [1.807, 2.05) is 23.1 Å². The molecule has 0 aliphatic carbocycles. The molecule has 1 aliphatic rings. The molecule has 0 saturated carbocycles. The van der Waals surface area contributed by atoms with Gasteiger partial charge in [-0.2, -0.15) is 11.3 Å². The van der Waals surface area contributed by atoms with E-state index in [9.17, 15) is 4.79 Å². The first-order valence-corrected chi connectivity index (χ1v) is 11.0. The number of hydrogen-bond donors (Lipinski definition) is 2. The largest absolute Gasteiger partial charge is 0.356 e. The molecule has 30 heavy (non-hydrogen) atoms. The average Bonchev–Trinajstić information content (AvgIpc) is 3.31. The fraction of sp³-hybridized carbons (Fsp3) is 0.476. The number of guanidine groups is 1. The van der Waals surface area contributed by atoms with Gasteiger partial charge in [0.1, 0.15) is 5.82 Å². The van der Waals surface area contributed by atoms with Crippen molar-refractivity contribution in [3.8, 4) is 0 Å². The molecule has 1 aliphatic heterocycles. The molecule has 1 atom stereocenters. The maximum Gasteiger partial charge on any atom is 0.224 e. The zero-order valence-corrected chi connectivity index (χ0v) is 20.7. The van der Waals surface area contributed by atoms with Gasteiger partial charge in [-0.15, -0.1) is 24.0 Å². The van der Waals surface area contributed by atoms with Crippen molar-refractivity contribution in [1.29, 1.82) is 0 Å². The third-order valence-corrected chi connectivity index (χ3v) is 5.85. The SMILES string of the molecule is CN=C(NCCC(=O)N1CCN(c2ccccn2)CC1)NCC(C)c1ccsc1.I. The molecule has 1 fully saturated rings. The Labute approximate surface area is 200 Å². The van der Waals surface area contributed by atoms with Gasteiger partial charge in [0, 0.05) is 58.9 Å². The molecule has 9 heteroatoms. The monoisotopic (exact) mass is 542 g/mol. The number of rotatable bonds is 7. The summed E-state index contributed by atoms with van der Waals surface area (Å²) in [6.45, 7) is 6.68. The fourth-order valence-electron chi connectivity index (χ4n) is 3.32. The molecule has 7 nitrogen and oxygen atoms in total. The summed E-state index contributed by atoms with van der Waals surface area (Å²) in [5.74, 6) is 2.31. The van der Waals surface area contributed by atoms with Crippen LogP contribution in [-0.4, -0.2) is 68.1 Å². The lowest BCUT2D eigenvalue weighted by Gasteiger charge is -2.35. The lowest BCUT2D eigenvalue weighted by atomic mass is 10.1. The molecule has 1 unspecified atom stereocenters. The first-order valence-electron chi connectivity index (χ1n) is 10.1. The zero-order chi connectivity index (χ0) is 20.5. The Kier molecular flexibility index (Phi) is 10.4. The van der Waals surface area contributed by atoms with Crippen molar-refractivity contribution < 1.29 is 4.79 Å². The van der Waals surface area contributed by atoms with Crippen molar-refractivity contribution in [2.45, 2.75) is 19.3 Å². The number of hydrogen-bond acceptors (Lipinski definition) is 5. The summed E-state index contributed by atoms with van der Waals surface area (Å²) in [6, 6.07) is 8.08. The van der Waals surface area contributed by atoms with Gasteiger partial charge in [0.15, 0.2) is 5.96 Å². The summed E-state index contributed by atoms with van der Waals surface area (Å²) in [5.41, 5.74) is 1.33. The van der Waals surface area contributed by atoms with Crippen LogP contribution in [0.25, 0.3) is 0 Å². The second-order valence-corrected chi connectivity index (χ2v) is 7.92. The third-order valence-electron chi connectivity index (χ3n) is 5.15. The molecule has 3 rings (SSSR count). The van der Waals surface area contributed by atoms with Crippen LogP contribution in [0.2, 0.25) is 0 Å². The predicted octanol–water partition coefficient (Wildman–Crippen LogP) is 2.77. The van der Waals surface area contributed by atoms with E-state index in [0.717, 1.165) is 44.5 Å². The van der Waals surface area contributed by atoms with Crippen LogP contribution < -0.4 is 15.5 Å². The van der Waals surface area contributed by atoms with Gasteiger partial charge in [0.2, 0.25) is 5.91 Å². The van der Waals surface area contributed by atoms with Gasteiger partial charge in [-0.25, -0.2) is 4.98 Å². The normalized spacial score (nSPS) is 15.3. The highest BCUT2D eigenvalue weighted by Gasteiger charge is 2.21. The Balaban J connectivity index is 0.00000320. The Morgan fingerprint density at radius 1 is 1.23 bits per heavy atom. The number of aromatic nitrogens is 1. The number of pyridine rings is 1. The Morgan fingerprint density at radius 3 is 2.67 bits per heavy atom. The van der Waals surface area contributed by atoms with Gasteiger partial charge >= 0.3 is 0 Å². The first kappa shape index (κ1) is 24.4. The number of thiophene rings is 1. The third kappa shape index (κ3) is 7.12. The number of aliphatic imine (C=N–C) groups is 1. The molecular formula is C21H31IN6OS. The lowest BCUT2D eigenvalue weighted by molar-refractivity contribution is -0.131. The van der Waals surface area contributed by atoms with Crippen LogP contribution in [0.5, 0.6) is 0 Å². The van der Waals surface area contributed by atoms with Gasteiger partial charge in [-0.3, -0.25) is 9.79 Å².